The van der Waals surface area contributed by atoms with Crippen LogP contribution in [-0.4, -0.2) is 36.0 Å². The second kappa shape index (κ2) is 13.6. The second-order valence-corrected chi connectivity index (χ2v) is 9.76. The summed E-state index contributed by atoms with van der Waals surface area (Å²) in [5.74, 6) is -0.679. The van der Waals surface area contributed by atoms with Gasteiger partial charge in [0.25, 0.3) is 5.91 Å². The Morgan fingerprint density at radius 2 is 1.60 bits per heavy atom. The zero-order chi connectivity index (χ0) is 28.5. The van der Waals surface area contributed by atoms with Gasteiger partial charge in [0.2, 0.25) is 0 Å². The molecule has 7 heteroatoms. The summed E-state index contributed by atoms with van der Waals surface area (Å²) in [4.78, 5) is 41.1. The van der Waals surface area contributed by atoms with Gasteiger partial charge in [-0.05, 0) is 67.1 Å². The van der Waals surface area contributed by atoms with Crippen molar-refractivity contribution >= 4 is 29.3 Å². The number of amides is 3. The molecule has 1 atom stereocenters. The van der Waals surface area contributed by atoms with Gasteiger partial charge in [0.05, 0.1) is 23.9 Å². The number of nitrogens with zero attached hydrogens (tertiary/aromatic N) is 1. The Morgan fingerprint density at radius 1 is 0.900 bits per heavy atom. The number of hydrogen-bond donors (Lipinski definition) is 2. The average molecular weight is 540 g/mol. The van der Waals surface area contributed by atoms with Crippen LogP contribution in [0.3, 0.4) is 0 Å². The lowest BCUT2D eigenvalue weighted by molar-refractivity contribution is -0.138. The minimum absolute atomic E-state index is 0.200. The molecular formula is C33H37N3O4. The van der Waals surface area contributed by atoms with Crippen molar-refractivity contribution in [3.63, 3.8) is 0 Å². The monoisotopic (exact) mass is 539 g/mol. The number of benzene rings is 3. The van der Waals surface area contributed by atoms with E-state index in [1.165, 1.54) is 5.56 Å². The fourth-order valence-electron chi connectivity index (χ4n) is 4.84. The summed E-state index contributed by atoms with van der Waals surface area (Å²) in [7, 11) is 0. The fraction of sp³-hybridized carbons (Fsp3) is 0.303. The van der Waals surface area contributed by atoms with E-state index in [4.69, 9.17) is 4.74 Å². The zero-order valence-electron chi connectivity index (χ0n) is 23.4. The van der Waals surface area contributed by atoms with E-state index in [9.17, 15) is 14.4 Å². The standard InChI is InChI=1S/C33H37N3O4/c1-4-7-11-23-14-16-26(17-15-23)31(37)34-27-20-18-24(19-21-27)29-28(32(38)40-6-3)30(25-12-9-8-10-13-25)36(22-5-2)33(39)35-29/h8-10,12-21,29H,4-7,11,22H2,1-3H3,(H,34,37)(H,35,39). The molecule has 208 valence electrons. The highest BCUT2D eigenvalue weighted by Crippen LogP contribution is 2.37. The van der Waals surface area contributed by atoms with Crippen LogP contribution in [0.25, 0.3) is 5.70 Å². The summed E-state index contributed by atoms with van der Waals surface area (Å²) >= 11 is 0. The first-order valence-corrected chi connectivity index (χ1v) is 14.0. The zero-order valence-corrected chi connectivity index (χ0v) is 23.4. The highest BCUT2D eigenvalue weighted by molar-refractivity contribution is 6.05. The third kappa shape index (κ3) is 6.60. The lowest BCUT2D eigenvalue weighted by atomic mass is 9.91. The van der Waals surface area contributed by atoms with Crippen LogP contribution < -0.4 is 10.6 Å². The van der Waals surface area contributed by atoms with Crippen LogP contribution in [0, 0.1) is 0 Å². The summed E-state index contributed by atoms with van der Waals surface area (Å²) in [5.41, 5.74) is 4.82. The molecule has 1 unspecified atom stereocenters. The number of urea groups is 1. The van der Waals surface area contributed by atoms with E-state index in [0.717, 1.165) is 31.2 Å². The summed E-state index contributed by atoms with van der Waals surface area (Å²) < 4.78 is 5.47. The Morgan fingerprint density at radius 3 is 2.23 bits per heavy atom. The molecule has 1 heterocycles. The molecule has 0 saturated carbocycles. The summed E-state index contributed by atoms with van der Waals surface area (Å²) in [6, 6.07) is 23.3. The minimum Gasteiger partial charge on any atom is -0.463 e. The molecule has 0 aliphatic carbocycles. The van der Waals surface area contributed by atoms with Crippen molar-refractivity contribution in [1.29, 1.82) is 0 Å². The lowest BCUT2D eigenvalue weighted by Crippen LogP contribution is -2.48. The molecule has 3 amide bonds. The highest BCUT2D eigenvalue weighted by atomic mass is 16.5. The van der Waals surface area contributed by atoms with Gasteiger partial charge in [-0.25, -0.2) is 9.59 Å². The second-order valence-electron chi connectivity index (χ2n) is 9.76. The number of aryl methyl sites for hydroxylation is 1. The number of anilines is 1. The first kappa shape index (κ1) is 28.6. The van der Waals surface area contributed by atoms with Crippen molar-refractivity contribution < 1.29 is 19.1 Å². The number of esters is 1. The molecule has 7 nitrogen and oxygen atoms in total. The highest BCUT2D eigenvalue weighted by Gasteiger charge is 2.38. The van der Waals surface area contributed by atoms with Crippen molar-refractivity contribution in [2.45, 2.75) is 52.5 Å². The van der Waals surface area contributed by atoms with E-state index in [2.05, 4.69) is 17.6 Å². The largest absolute Gasteiger partial charge is 0.463 e. The van der Waals surface area contributed by atoms with Gasteiger partial charge in [-0.2, -0.15) is 0 Å². The van der Waals surface area contributed by atoms with E-state index in [0.29, 0.717) is 34.6 Å². The van der Waals surface area contributed by atoms with Gasteiger partial charge in [-0.3, -0.25) is 9.69 Å². The predicted octanol–water partition coefficient (Wildman–Crippen LogP) is 6.73. The number of hydrogen-bond acceptors (Lipinski definition) is 4. The maximum atomic E-state index is 13.4. The van der Waals surface area contributed by atoms with Gasteiger partial charge < -0.3 is 15.4 Å². The number of rotatable bonds is 11. The van der Waals surface area contributed by atoms with Crippen molar-refractivity contribution in [2.75, 3.05) is 18.5 Å². The minimum atomic E-state index is -0.713. The molecule has 0 aromatic heterocycles. The van der Waals surface area contributed by atoms with Crippen molar-refractivity contribution in [3.8, 4) is 0 Å². The van der Waals surface area contributed by atoms with E-state index in [1.807, 2.05) is 73.7 Å². The number of unbranched alkanes of at least 4 members (excludes halogenated alkanes) is 1. The van der Waals surface area contributed by atoms with Gasteiger partial charge >= 0.3 is 12.0 Å². The smallest absolute Gasteiger partial charge is 0.338 e. The molecule has 1 aliphatic rings. The van der Waals surface area contributed by atoms with Crippen LogP contribution in [0.2, 0.25) is 0 Å². The molecular weight excluding hydrogens is 502 g/mol. The van der Waals surface area contributed by atoms with Crippen LogP contribution in [0.15, 0.2) is 84.4 Å². The van der Waals surface area contributed by atoms with Gasteiger partial charge in [0.15, 0.2) is 0 Å². The molecule has 3 aromatic rings. The Labute approximate surface area is 236 Å². The number of carbonyl (C=O) groups excluding carboxylic acids is 3. The summed E-state index contributed by atoms with van der Waals surface area (Å²) in [6.45, 7) is 6.57. The molecule has 40 heavy (non-hydrogen) atoms. The van der Waals surface area contributed by atoms with Gasteiger partial charge in [-0.1, -0.05) is 74.9 Å². The fourth-order valence-corrected chi connectivity index (χ4v) is 4.84. The van der Waals surface area contributed by atoms with E-state index >= 15 is 0 Å². The van der Waals surface area contributed by atoms with Crippen LogP contribution >= 0.6 is 0 Å². The van der Waals surface area contributed by atoms with Crippen molar-refractivity contribution in [3.05, 3.63) is 107 Å². The summed E-state index contributed by atoms with van der Waals surface area (Å²) in [6.07, 6.45) is 3.97. The van der Waals surface area contributed by atoms with Gasteiger partial charge in [0.1, 0.15) is 0 Å². The molecule has 3 aromatic carbocycles. The number of nitrogens with one attached hydrogen (secondary N) is 2. The third-order valence-electron chi connectivity index (χ3n) is 6.85. The molecule has 0 bridgehead atoms. The van der Waals surface area contributed by atoms with Crippen LogP contribution in [-0.2, 0) is 16.0 Å². The Bertz CT molecular complexity index is 1350. The average Bonchev–Trinajstić information content (AvgIpc) is 2.98. The van der Waals surface area contributed by atoms with Crippen LogP contribution in [0.1, 0.15) is 73.1 Å². The third-order valence-corrected chi connectivity index (χ3v) is 6.85. The number of carbonyl (C=O) groups is 3. The molecule has 0 spiro atoms. The van der Waals surface area contributed by atoms with Crippen molar-refractivity contribution in [1.82, 2.24) is 10.2 Å². The Hall–Kier alpha value is -4.39. The molecule has 0 saturated heterocycles. The van der Waals surface area contributed by atoms with E-state index in [1.54, 1.807) is 24.0 Å². The maximum absolute atomic E-state index is 13.4. The van der Waals surface area contributed by atoms with E-state index in [-0.39, 0.29) is 18.5 Å². The first-order valence-electron chi connectivity index (χ1n) is 14.0. The molecule has 1 aliphatic heterocycles. The van der Waals surface area contributed by atoms with Crippen LogP contribution in [0.4, 0.5) is 10.5 Å². The van der Waals surface area contributed by atoms with Gasteiger partial charge in [0, 0.05) is 17.8 Å². The van der Waals surface area contributed by atoms with Gasteiger partial charge in [-0.15, -0.1) is 0 Å². The molecule has 4 rings (SSSR count). The number of ether oxygens (including phenoxy) is 1. The summed E-state index contributed by atoms with van der Waals surface area (Å²) in [5, 5.41) is 5.94. The van der Waals surface area contributed by atoms with Crippen LogP contribution in [0.5, 0.6) is 0 Å². The maximum Gasteiger partial charge on any atom is 0.338 e. The molecule has 0 fully saturated rings. The Kier molecular flexibility index (Phi) is 9.73. The molecule has 2 N–H and O–H groups in total. The Balaban J connectivity index is 1.63. The lowest BCUT2D eigenvalue weighted by Gasteiger charge is -2.36. The van der Waals surface area contributed by atoms with Crippen molar-refractivity contribution in [2.24, 2.45) is 0 Å². The quantitative estimate of drug-likeness (QED) is 0.265. The first-order chi connectivity index (χ1) is 19.5. The topological polar surface area (TPSA) is 87.7 Å². The SMILES string of the molecule is CCCCc1ccc(C(=O)Nc2ccc(C3NC(=O)N(CCC)C(c4ccccc4)=C3C(=O)OCC)cc2)cc1. The normalized spacial score (nSPS) is 15.0. The van der Waals surface area contributed by atoms with E-state index < -0.39 is 12.0 Å². The molecule has 0 radical (unpaired) electrons. The predicted molar refractivity (Wildman–Crippen MR) is 158 cm³/mol.